The molecule has 0 aliphatic carbocycles. The van der Waals surface area contributed by atoms with Crippen molar-refractivity contribution in [3.8, 4) is 0 Å². The Balaban J connectivity index is 0.000000810. The molecule has 0 saturated carbocycles. The topological polar surface area (TPSA) is 12.0 Å². The Morgan fingerprint density at radius 3 is 1.30 bits per heavy atom. The fourth-order valence-corrected chi connectivity index (χ4v) is 15.0. The third kappa shape index (κ3) is 3.62. The summed E-state index contributed by atoms with van der Waals surface area (Å²) in [5, 5.41) is 0. The van der Waals surface area contributed by atoms with E-state index in [2.05, 4.69) is 30.8 Å². The summed E-state index contributed by atoms with van der Waals surface area (Å²) in [6.45, 7) is 9.76. The zero-order valence-corrected chi connectivity index (χ0v) is 8.91. The monoisotopic (exact) mass is 199 g/mol. The molecule has 1 saturated heterocycles. The molecule has 0 aromatic heterocycles. The number of hydrogen-bond acceptors (Lipinski definition) is 1. The van der Waals surface area contributed by atoms with E-state index in [1.807, 2.05) is 0 Å². The Bertz CT molecular complexity index is 111. The minimum absolute atomic E-state index is 0. The Labute approximate surface area is 109 Å². The van der Waals surface area contributed by atoms with Gasteiger partial charge in [0, 0.05) is 0 Å². The molecule has 0 aromatic rings. The van der Waals surface area contributed by atoms with Gasteiger partial charge in [-0.3, -0.25) is 0 Å². The van der Waals surface area contributed by atoms with Crippen molar-refractivity contribution >= 4 is 67.9 Å². The van der Waals surface area contributed by atoms with Crippen LogP contribution in [-0.2, 0) is 0 Å². The van der Waals surface area contributed by atoms with E-state index in [0.717, 1.165) is 0 Å². The second-order valence-electron chi connectivity index (χ2n) is 4.39. The third-order valence-corrected chi connectivity index (χ3v) is 11.0. The molecular weight excluding hydrogens is 181 g/mol. The van der Waals surface area contributed by atoms with Gasteiger partial charge in [0.15, 0.2) is 0 Å². The molecule has 0 atom stereocenters. The number of hydrogen-bond donors (Lipinski definition) is 1. The van der Waals surface area contributed by atoms with E-state index in [-0.39, 0.29) is 51.4 Å². The summed E-state index contributed by atoms with van der Waals surface area (Å²) in [6.07, 6.45) is 0. The van der Waals surface area contributed by atoms with Gasteiger partial charge in [0.2, 0.25) is 0 Å². The van der Waals surface area contributed by atoms with Gasteiger partial charge < -0.3 is 4.65 Å². The van der Waals surface area contributed by atoms with Gasteiger partial charge >= 0.3 is 51.4 Å². The average molecular weight is 199 g/mol. The second-order valence-corrected chi connectivity index (χ2v) is 13.9. The second kappa shape index (κ2) is 3.83. The van der Waals surface area contributed by atoms with Crippen molar-refractivity contribution < 1.29 is 0 Å². The molecule has 0 aromatic carbocycles. The van der Waals surface area contributed by atoms with E-state index in [1.165, 1.54) is 12.1 Å². The molecule has 10 heavy (non-hydrogen) atoms. The van der Waals surface area contributed by atoms with Crippen molar-refractivity contribution in [1.82, 2.24) is 4.65 Å². The molecule has 1 rings (SSSR count). The van der Waals surface area contributed by atoms with Gasteiger partial charge in [0.05, 0.1) is 0 Å². The van der Waals surface area contributed by atoms with Gasteiger partial charge in [0.1, 0.15) is 16.5 Å². The first kappa shape index (κ1) is 12.0. The summed E-state index contributed by atoms with van der Waals surface area (Å²) < 4.78 is 3.85. The summed E-state index contributed by atoms with van der Waals surface area (Å²) in [4.78, 5) is 0. The van der Waals surface area contributed by atoms with E-state index < -0.39 is 16.5 Å². The molecule has 1 heterocycles. The molecule has 1 aliphatic heterocycles. The minimum atomic E-state index is -0.864. The van der Waals surface area contributed by atoms with Crippen molar-refractivity contribution in [2.45, 2.75) is 38.3 Å². The summed E-state index contributed by atoms with van der Waals surface area (Å²) in [7, 11) is -1.73. The van der Waals surface area contributed by atoms with Crippen molar-refractivity contribution in [3.05, 3.63) is 0 Å². The van der Waals surface area contributed by atoms with Gasteiger partial charge in [-0.15, -0.1) is 0 Å². The van der Waals surface area contributed by atoms with Crippen LogP contribution in [-0.4, -0.2) is 67.9 Å². The standard InChI is InChI=1S/C6H17NSi2.K.H/c1-8(2)5-6-9(3,4)7-8;;/h7H,5-6H2,1-4H3;;. The molecule has 0 bridgehead atoms. The van der Waals surface area contributed by atoms with Crippen LogP contribution in [0.25, 0.3) is 0 Å². The van der Waals surface area contributed by atoms with E-state index in [1.54, 1.807) is 0 Å². The van der Waals surface area contributed by atoms with Gasteiger partial charge in [0.25, 0.3) is 0 Å². The first-order valence-corrected chi connectivity index (χ1v) is 10.1. The molecule has 4 heteroatoms. The summed E-state index contributed by atoms with van der Waals surface area (Å²) in [5.41, 5.74) is 0. The normalized spacial score (nSPS) is 27.6. The molecule has 1 aliphatic rings. The first-order chi connectivity index (χ1) is 3.91. The van der Waals surface area contributed by atoms with Crippen LogP contribution in [0, 0.1) is 0 Å². The van der Waals surface area contributed by atoms with Crippen molar-refractivity contribution in [3.63, 3.8) is 0 Å². The Kier molecular flexibility index (Phi) is 4.60. The zero-order valence-electron chi connectivity index (χ0n) is 6.91. The molecule has 0 unspecified atom stereocenters. The average Bonchev–Trinajstić information content (AvgIpc) is 1.78. The van der Waals surface area contributed by atoms with E-state index in [0.29, 0.717) is 0 Å². The van der Waals surface area contributed by atoms with E-state index in [4.69, 9.17) is 0 Å². The summed E-state index contributed by atoms with van der Waals surface area (Å²) in [5.74, 6) is 0. The maximum absolute atomic E-state index is 3.85. The summed E-state index contributed by atoms with van der Waals surface area (Å²) >= 11 is 0. The quantitative estimate of drug-likeness (QED) is 0.581. The molecule has 0 spiro atoms. The molecule has 1 fully saturated rings. The number of nitrogens with one attached hydrogen (secondary N) is 1. The molecule has 1 nitrogen and oxygen atoms in total. The first-order valence-electron chi connectivity index (χ1n) is 3.71. The van der Waals surface area contributed by atoms with Crippen molar-refractivity contribution in [2.75, 3.05) is 0 Å². The van der Waals surface area contributed by atoms with Crippen molar-refractivity contribution in [1.29, 1.82) is 0 Å². The Hall–Kier alpha value is 2.03. The molecule has 56 valence electrons. The van der Waals surface area contributed by atoms with E-state index in [9.17, 15) is 0 Å². The van der Waals surface area contributed by atoms with Crippen LogP contribution < -0.4 is 4.65 Å². The Morgan fingerprint density at radius 1 is 0.900 bits per heavy atom. The number of rotatable bonds is 0. The van der Waals surface area contributed by atoms with Gasteiger partial charge in [-0.05, 0) is 12.1 Å². The summed E-state index contributed by atoms with van der Waals surface area (Å²) in [6, 6.07) is 3.01. The third-order valence-electron chi connectivity index (χ3n) is 2.05. The maximum atomic E-state index is 3.85. The SMILES string of the molecule is C[Si]1(C)CC[Si](C)(C)N1.[KH]. The predicted molar refractivity (Wildman–Crippen MR) is 54.9 cm³/mol. The van der Waals surface area contributed by atoms with Gasteiger partial charge in [-0.1, -0.05) is 26.2 Å². The van der Waals surface area contributed by atoms with Crippen LogP contribution in [0.15, 0.2) is 0 Å². The zero-order chi connectivity index (χ0) is 7.12. The van der Waals surface area contributed by atoms with Gasteiger partial charge in [-0.25, -0.2) is 0 Å². The predicted octanol–water partition coefficient (Wildman–Crippen LogP) is 1.35. The van der Waals surface area contributed by atoms with Crippen molar-refractivity contribution in [2.24, 2.45) is 0 Å². The van der Waals surface area contributed by atoms with Crippen LogP contribution in [0.5, 0.6) is 0 Å². The van der Waals surface area contributed by atoms with Crippen LogP contribution in [0.4, 0.5) is 0 Å². The van der Waals surface area contributed by atoms with Crippen LogP contribution in [0.2, 0.25) is 38.3 Å². The van der Waals surface area contributed by atoms with E-state index >= 15 is 0 Å². The molecule has 1 N–H and O–H groups in total. The molecule has 0 radical (unpaired) electrons. The fourth-order valence-electron chi connectivity index (χ4n) is 1.67. The Morgan fingerprint density at radius 2 is 1.20 bits per heavy atom. The molecular formula is C6H18KNSi2. The fraction of sp³-hybridized carbons (Fsp3) is 1.00. The van der Waals surface area contributed by atoms with Gasteiger partial charge in [-0.2, -0.15) is 0 Å². The van der Waals surface area contributed by atoms with Crippen LogP contribution in [0.1, 0.15) is 0 Å². The molecule has 0 amide bonds. The van der Waals surface area contributed by atoms with Crippen LogP contribution >= 0.6 is 0 Å². The van der Waals surface area contributed by atoms with Crippen LogP contribution in [0.3, 0.4) is 0 Å².